The molecule has 0 fully saturated rings. The summed E-state index contributed by atoms with van der Waals surface area (Å²) in [6, 6.07) is 19.5. The summed E-state index contributed by atoms with van der Waals surface area (Å²) in [7, 11) is 0. The summed E-state index contributed by atoms with van der Waals surface area (Å²) in [6.07, 6.45) is 5.84. The fourth-order valence-corrected chi connectivity index (χ4v) is 7.08. The van der Waals surface area contributed by atoms with Gasteiger partial charge in [0.25, 0.3) is 0 Å². The monoisotopic (exact) mass is 841 g/mol. The van der Waals surface area contributed by atoms with Gasteiger partial charge >= 0.3 is 17.9 Å². The lowest BCUT2D eigenvalue weighted by atomic mass is 9.65. The lowest BCUT2D eigenvalue weighted by Crippen LogP contribution is -2.42. The molecule has 0 aliphatic heterocycles. The Balaban J connectivity index is 1.98. The van der Waals surface area contributed by atoms with E-state index in [4.69, 9.17) is 18.9 Å². The number of esters is 3. The van der Waals surface area contributed by atoms with E-state index in [1.807, 2.05) is 41.5 Å². The van der Waals surface area contributed by atoms with E-state index in [1.54, 1.807) is 13.8 Å². The van der Waals surface area contributed by atoms with E-state index in [2.05, 4.69) is 74.7 Å². The molecule has 3 aromatic carbocycles. The molecule has 0 unspecified atom stereocenters. The summed E-state index contributed by atoms with van der Waals surface area (Å²) >= 11 is 0. The van der Waals surface area contributed by atoms with Crippen LogP contribution in [0.25, 0.3) is 22.3 Å². The molecule has 0 aromatic heterocycles. The summed E-state index contributed by atoms with van der Waals surface area (Å²) in [4.78, 5) is 36.5. The zero-order valence-corrected chi connectivity index (χ0v) is 38.5. The fourth-order valence-electron chi connectivity index (χ4n) is 7.08. The molecule has 61 heavy (non-hydrogen) atoms. The summed E-state index contributed by atoms with van der Waals surface area (Å²) in [5, 5.41) is 20.7. The SMILES string of the molecule is C=C(C)C(=O)OCCCc1cc(-c2ccc(-c3ccc(CCCOC(=O)C(C)(C)C)cc3)cc2CC)cc(CCCOC(=O)C(=C)C)c1OCCCC(CO)(CO)C(C)(C)C. The highest BCUT2D eigenvalue weighted by atomic mass is 16.5. The van der Waals surface area contributed by atoms with Crippen LogP contribution >= 0.6 is 0 Å². The molecule has 334 valence electrons. The number of aliphatic hydroxyl groups is 2. The van der Waals surface area contributed by atoms with Crippen molar-refractivity contribution in [2.45, 2.75) is 120 Å². The average molecular weight is 841 g/mol. The van der Waals surface area contributed by atoms with Crippen LogP contribution in [0, 0.1) is 16.2 Å². The zero-order chi connectivity index (χ0) is 45.4. The van der Waals surface area contributed by atoms with Crippen molar-refractivity contribution < 1.29 is 43.5 Å². The van der Waals surface area contributed by atoms with E-state index >= 15 is 0 Å². The first kappa shape index (κ1) is 50.6. The molecule has 3 aromatic rings. The van der Waals surface area contributed by atoms with Crippen LogP contribution in [-0.4, -0.2) is 67.8 Å². The van der Waals surface area contributed by atoms with Crippen molar-refractivity contribution in [2.75, 3.05) is 39.6 Å². The largest absolute Gasteiger partial charge is 0.493 e. The van der Waals surface area contributed by atoms with Gasteiger partial charge in [-0.05, 0) is 154 Å². The van der Waals surface area contributed by atoms with Gasteiger partial charge < -0.3 is 29.2 Å². The molecule has 0 spiro atoms. The Morgan fingerprint density at radius 1 is 0.607 bits per heavy atom. The fraction of sp³-hybridized carbons (Fsp3) is 0.519. The molecule has 0 saturated carbocycles. The van der Waals surface area contributed by atoms with E-state index in [0.29, 0.717) is 62.9 Å². The van der Waals surface area contributed by atoms with Crippen molar-refractivity contribution in [3.8, 4) is 28.0 Å². The Morgan fingerprint density at radius 3 is 1.57 bits per heavy atom. The van der Waals surface area contributed by atoms with Crippen LogP contribution in [0.4, 0.5) is 0 Å². The van der Waals surface area contributed by atoms with Crippen LogP contribution in [-0.2, 0) is 54.3 Å². The number of ether oxygens (including phenoxy) is 4. The number of carbonyl (C=O) groups is 3. The third-order valence-electron chi connectivity index (χ3n) is 11.4. The van der Waals surface area contributed by atoms with Crippen molar-refractivity contribution >= 4 is 17.9 Å². The summed E-state index contributed by atoms with van der Waals surface area (Å²) < 4.78 is 23.0. The first-order valence-corrected chi connectivity index (χ1v) is 21.8. The van der Waals surface area contributed by atoms with E-state index < -0.39 is 22.8 Å². The molecule has 0 bridgehead atoms. The van der Waals surface area contributed by atoms with Crippen molar-refractivity contribution in [3.63, 3.8) is 0 Å². The number of carbonyl (C=O) groups excluding carboxylic acids is 3. The van der Waals surface area contributed by atoms with Gasteiger partial charge in [-0.1, -0.05) is 83.3 Å². The minimum Gasteiger partial charge on any atom is -0.493 e. The number of hydrogen-bond acceptors (Lipinski definition) is 9. The molecule has 0 radical (unpaired) electrons. The number of aryl methyl sites for hydroxylation is 4. The lowest BCUT2D eigenvalue weighted by Gasteiger charge is -2.42. The third-order valence-corrected chi connectivity index (χ3v) is 11.4. The lowest BCUT2D eigenvalue weighted by molar-refractivity contribution is -0.153. The second kappa shape index (κ2) is 23.5. The molecular formula is C52H72O9. The van der Waals surface area contributed by atoms with Gasteiger partial charge in [-0.2, -0.15) is 0 Å². The first-order chi connectivity index (χ1) is 28.8. The summed E-state index contributed by atoms with van der Waals surface area (Å²) in [5.41, 5.74) is 7.87. The molecule has 0 aliphatic rings. The Labute approximate surface area is 365 Å². The predicted octanol–water partition coefficient (Wildman–Crippen LogP) is 10.4. The molecule has 3 rings (SSSR count). The van der Waals surface area contributed by atoms with Gasteiger partial charge in [-0.25, -0.2) is 9.59 Å². The van der Waals surface area contributed by atoms with Crippen LogP contribution < -0.4 is 4.74 Å². The maximum atomic E-state index is 12.2. The Kier molecular flexibility index (Phi) is 19.5. The molecule has 0 saturated heterocycles. The van der Waals surface area contributed by atoms with E-state index in [1.165, 1.54) is 11.1 Å². The molecule has 0 atom stereocenters. The quantitative estimate of drug-likeness (QED) is 0.0392. The van der Waals surface area contributed by atoms with Gasteiger partial charge in [0.05, 0.1) is 45.1 Å². The summed E-state index contributed by atoms with van der Waals surface area (Å²) in [6.45, 7) is 25.4. The van der Waals surface area contributed by atoms with Gasteiger partial charge in [-0.15, -0.1) is 0 Å². The van der Waals surface area contributed by atoms with Gasteiger partial charge in [0, 0.05) is 16.6 Å². The minimum absolute atomic E-state index is 0.133. The van der Waals surface area contributed by atoms with Crippen molar-refractivity contribution in [1.29, 1.82) is 0 Å². The normalized spacial score (nSPS) is 11.9. The highest BCUT2D eigenvalue weighted by molar-refractivity contribution is 5.87. The molecule has 0 amide bonds. The van der Waals surface area contributed by atoms with Crippen LogP contribution in [0.1, 0.15) is 117 Å². The first-order valence-electron chi connectivity index (χ1n) is 21.8. The van der Waals surface area contributed by atoms with E-state index in [0.717, 1.165) is 58.4 Å². The van der Waals surface area contributed by atoms with E-state index in [-0.39, 0.29) is 37.8 Å². The van der Waals surface area contributed by atoms with Crippen LogP contribution in [0.15, 0.2) is 78.9 Å². The Morgan fingerprint density at radius 2 is 1.10 bits per heavy atom. The number of aliphatic hydroxyl groups excluding tert-OH is 2. The van der Waals surface area contributed by atoms with E-state index in [9.17, 15) is 24.6 Å². The van der Waals surface area contributed by atoms with Gasteiger partial charge in [0.1, 0.15) is 5.75 Å². The van der Waals surface area contributed by atoms with Crippen LogP contribution in [0.3, 0.4) is 0 Å². The Bertz CT molecular complexity index is 1880. The smallest absolute Gasteiger partial charge is 0.333 e. The van der Waals surface area contributed by atoms with Crippen molar-refractivity contribution in [2.24, 2.45) is 16.2 Å². The minimum atomic E-state index is -0.666. The number of benzene rings is 3. The maximum Gasteiger partial charge on any atom is 0.333 e. The molecule has 0 heterocycles. The Hall–Kier alpha value is -4.73. The third kappa shape index (κ3) is 15.0. The number of hydrogen-bond donors (Lipinski definition) is 2. The highest BCUT2D eigenvalue weighted by Gasteiger charge is 2.40. The molecule has 0 aliphatic carbocycles. The zero-order valence-electron chi connectivity index (χ0n) is 38.5. The molecular weight excluding hydrogens is 769 g/mol. The second-order valence-electron chi connectivity index (χ2n) is 18.4. The van der Waals surface area contributed by atoms with Crippen LogP contribution in [0.5, 0.6) is 5.75 Å². The topological polar surface area (TPSA) is 129 Å². The van der Waals surface area contributed by atoms with Gasteiger partial charge in [-0.3, -0.25) is 4.79 Å². The molecule has 9 nitrogen and oxygen atoms in total. The van der Waals surface area contributed by atoms with Crippen molar-refractivity contribution in [1.82, 2.24) is 0 Å². The van der Waals surface area contributed by atoms with Crippen molar-refractivity contribution in [3.05, 3.63) is 101 Å². The summed E-state index contributed by atoms with van der Waals surface area (Å²) in [5.74, 6) is -0.286. The van der Waals surface area contributed by atoms with Gasteiger partial charge in [0.15, 0.2) is 0 Å². The highest BCUT2D eigenvalue weighted by Crippen LogP contribution is 2.42. The maximum absolute atomic E-state index is 12.2. The molecule has 2 N–H and O–H groups in total. The standard InChI is InChI=1S/C52H72O9/c1-12-39-31-41(40-22-20-38(21-23-40)17-13-29-61-49(57)50(6,7)8)24-25-45(39)44-32-42(18-14-27-59-47(55)36(2)3)46(43(33-44)19-15-28-60-48(56)37(4)5)58-30-16-26-52(34-53,35-54)51(9,10)11/h20-25,31-33,53-54H,2,4,12-19,26-30,34-35H2,1,3,5-11H3. The van der Waals surface area contributed by atoms with Gasteiger partial charge in [0.2, 0.25) is 0 Å². The second-order valence-corrected chi connectivity index (χ2v) is 18.4. The average Bonchev–Trinajstić information content (AvgIpc) is 3.21. The van der Waals surface area contributed by atoms with Crippen LogP contribution in [0.2, 0.25) is 0 Å². The number of rotatable bonds is 24. The predicted molar refractivity (Wildman–Crippen MR) is 244 cm³/mol. The molecule has 9 heteroatoms.